The van der Waals surface area contributed by atoms with Crippen LogP contribution in [0.3, 0.4) is 0 Å². The second kappa shape index (κ2) is 20.6. The van der Waals surface area contributed by atoms with Gasteiger partial charge >= 0.3 is 0 Å². The van der Waals surface area contributed by atoms with E-state index in [2.05, 4.69) is 189 Å². The Morgan fingerprint density at radius 2 is 1.24 bits per heavy atom. The van der Waals surface area contributed by atoms with Crippen LogP contribution >= 0.6 is 0 Å². The van der Waals surface area contributed by atoms with Gasteiger partial charge in [-0.1, -0.05) is 181 Å². The summed E-state index contributed by atoms with van der Waals surface area (Å²) in [6.45, 7) is 14.7. The number of pyridine rings is 1. The monoisotopic (exact) mass is 1110 g/mol. The Balaban J connectivity index is 0.000000264. The van der Waals surface area contributed by atoms with Crippen molar-refractivity contribution < 1.29 is 31.7 Å². The molecule has 0 N–H and O–H groups in total. The van der Waals surface area contributed by atoms with E-state index in [0.29, 0.717) is 16.8 Å². The molecule has 1 radical (unpaired) electrons. The topological polar surface area (TPSA) is 43.9 Å². The van der Waals surface area contributed by atoms with Crippen molar-refractivity contribution in [3.63, 3.8) is 0 Å². The number of halogens is 1. The van der Waals surface area contributed by atoms with Crippen LogP contribution in [-0.2, 0) is 26.5 Å². The van der Waals surface area contributed by atoms with Gasteiger partial charge in [-0.3, -0.25) is 9.37 Å². The predicted octanol–water partition coefficient (Wildman–Crippen LogP) is 17.9. The zero-order valence-electron chi connectivity index (χ0n) is 43.0. The molecule has 0 amide bonds. The molecule has 11 rings (SSSR count). The maximum absolute atomic E-state index is 12.9. The number of imidazole rings is 1. The number of fused-ring (bicyclic) bond motifs is 4. The fourth-order valence-electron chi connectivity index (χ4n) is 9.23. The Morgan fingerprint density at radius 1 is 0.634 bits per heavy atom. The number of benzene rings is 8. The van der Waals surface area contributed by atoms with Gasteiger partial charge in [-0.05, 0) is 110 Å². The SMILES string of the molecule is CC(C)c1cc(-c2ccc(-c3ccccc3)cc2)cc(C(C)C)c1-n1c(-c2[c-]ccc3c2oc2cc(-c4ccccc4)ccc23)nc2ccccc21.[2H]C([2H])(c1ccc(-c2[c-]cc(F)cc2)nc1)C(C)(C)C.[Ir]. The predicted molar refractivity (Wildman–Crippen MR) is 289 cm³/mol. The molecule has 355 valence electrons. The Morgan fingerprint density at radius 3 is 1.85 bits per heavy atom. The van der Waals surface area contributed by atoms with E-state index in [4.69, 9.17) is 12.1 Å². The van der Waals surface area contributed by atoms with Gasteiger partial charge in [-0.25, -0.2) is 0 Å². The fourth-order valence-corrected chi connectivity index (χ4v) is 9.23. The van der Waals surface area contributed by atoms with Gasteiger partial charge < -0.3 is 14.0 Å². The van der Waals surface area contributed by atoms with Crippen LogP contribution in [0.2, 0.25) is 0 Å². The molecule has 3 aromatic heterocycles. The van der Waals surface area contributed by atoms with Crippen LogP contribution < -0.4 is 0 Å². The molecule has 71 heavy (non-hydrogen) atoms. The van der Waals surface area contributed by atoms with E-state index in [-0.39, 0.29) is 37.8 Å². The van der Waals surface area contributed by atoms with Crippen LogP contribution in [0.1, 0.15) is 79.7 Å². The number of hydrogen-bond acceptors (Lipinski definition) is 3. The van der Waals surface area contributed by atoms with Gasteiger partial charge in [0.25, 0.3) is 0 Å². The summed E-state index contributed by atoms with van der Waals surface area (Å²) in [6, 6.07) is 67.9. The molecule has 0 aliphatic carbocycles. The zero-order valence-corrected chi connectivity index (χ0v) is 43.4. The minimum absolute atomic E-state index is 0. The first-order valence-electron chi connectivity index (χ1n) is 25.0. The molecule has 3 heterocycles. The summed E-state index contributed by atoms with van der Waals surface area (Å²) < 4.78 is 38.4. The van der Waals surface area contributed by atoms with Gasteiger partial charge in [-0.2, -0.15) is 0 Å². The van der Waals surface area contributed by atoms with E-state index in [0.717, 1.165) is 55.5 Å². The quantitative estimate of drug-likeness (QED) is 0.135. The third-order valence-electron chi connectivity index (χ3n) is 12.6. The Kier molecular flexibility index (Phi) is 13.4. The number of aromatic nitrogens is 3. The second-order valence-corrected chi connectivity index (χ2v) is 19.5. The minimum atomic E-state index is -1.47. The van der Waals surface area contributed by atoms with Gasteiger partial charge in [0.05, 0.1) is 22.4 Å². The number of hydrogen-bond donors (Lipinski definition) is 0. The average Bonchev–Trinajstić information content (AvgIpc) is 3.97. The smallest absolute Gasteiger partial charge is 0.121 e. The molecular weight excluding hydrogens is 1050 g/mol. The maximum Gasteiger partial charge on any atom is 0.121 e. The van der Waals surface area contributed by atoms with Crippen LogP contribution in [0, 0.1) is 23.4 Å². The fraction of sp³-hybridized carbons (Fsp3) is 0.169. The second-order valence-electron chi connectivity index (χ2n) is 19.5. The van der Waals surface area contributed by atoms with E-state index in [1.165, 1.54) is 57.4 Å². The molecule has 0 atom stereocenters. The Bertz CT molecular complexity index is 3660. The standard InChI is InChI=1S/C49H39N2O.C16H17FN.Ir/c1-31(2)42-28-38(36-24-22-35(23-25-36)33-14-7-5-8-15-33)29-43(32(3)4)47(42)51-45-21-12-11-20-44(45)50-49(51)41-19-13-18-40-39-27-26-37(30-46(39)52-48(40)41)34-16-9-6-10-17-34;1-16(2,3)10-12-4-9-15(18-11-12)13-5-7-14(17)8-6-13;/h5-18,20-32H,1-4H3;4-5,7-9,11H,10H2,1-3H3;/q2*-1;/i;10D2;. The molecule has 0 saturated carbocycles. The first kappa shape index (κ1) is 46.2. The molecule has 4 nitrogen and oxygen atoms in total. The molecular formula is C65H56FIrN3O-2. The number of furan rings is 1. The van der Waals surface area contributed by atoms with Gasteiger partial charge in [0.2, 0.25) is 0 Å². The maximum atomic E-state index is 12.9. The van der Waals surface area contributed by atoms with Crippen molar-refractivity contribution in [3.8, 4) is 61.7 Å². The summed E-state index contributed by atoms with van der Waals surface area (Å²) in [6.07, 6.45) is 0.0722. The number of nitrogens with zero attached hydrogens (tertiary/aromatic N) is 3. The molecule has 0 unspecified atom stereocenters. The van der Waals surface area contributed by atoms with E-state index < -0.39 is 11.8 Å². The number of rotatable bonds is 9. The van der Waals surface area contributed by atoms with Gasteiger partial charge in [0, 0.05) is 45.9 Å². The van der Waals surface area contributed by atoms with Crippen molar-refractivity contribution >= 4 is 33.0 Å². The van der Waals surface area contributed by atoms with Crippen molar-refractivity contribution in [1.82, 2.24) is 14.5 Å². The summed E-state index contributed by atoms with van der Waals surface area (Å²) in [5.74, 6) is 1.01. The zero-order chi connectivity index (χ0) is 50.3. The van der Waals surface area contributed by atoms with Crippen molar-refractivity contribution in [2.24, 2.45) is 5.41 Å². The van der Waals surface area contributed by atoms with E-state index in [9.17, 15) is 4.39 Å². The van der Waals surface area contributed by atoms with Crippen LogP contribution in [0.25, 0.3) is 94.7 Å². The normalized spacial score (nSPS) is 12.2. The van der Waals surface area contributed by atoms with Crippen molar-refractivity contribution in [3.05, 3.63) is 223 Å². The molecule has 0 aliphatic heterocycles. The third kappa shape index (κ3) is 10.3. The van der Waals surface area contributed by atoms with Crippen LogP contribution in [0.15, 0.2) is 193 Å². The van der Waals surface area contributed by atoms with Crippen LogP contribution in [-0.4, -0.2) is 14.5 Å². The molecule has 8 aromatic carbocycles. The van der Waals surface area contributed by atoms with Gasteiger partial charge in [0.1, 0.15) is 5.58 Å². The van der Waals surface area contributed by atoms with E-state index >= 15 is 0 Å². The minimum Gasteiger partial charge on any atom is -0.501 e. The van der Waals surface area contributed by atoms with Gasteiger partial charge in [-0.15, -0.1) is 48.0 Å². The van der Waals surface area contributed by atoms with Gasteiger partial charge in [0.15, 0.2) is 0 Å². The molecule has 6 heteroatoms. The van der Waals surface area contributed by atoms with E-state index in [1.54, 1.807) is 18.2 Å². The average molecular weight is 1110 g/mol. The van der Waals surface area contributed by atoms with Crippen molar-refractivity contribution in [2.45, 2.75) is 66.7 Å². The largest absolute Gasteiger partial charge is 0.501 e. The summed E-state index contributed by atoms with van der Waals surface area (Å²) in [4.78, 5) is 9.60. The molecule has 0 bridgehead atoms. The molecule has 0 saturated heterocycles. The first-order valence-corrected chi connectivity index (χ1v) is 24.0. The van der Waals surface area contributed by atoms with E-state index in [1.807, 2.05) is 32.9 Å². The Labute approximate surface area is 433 Å². The van der Waals surface area contributed by atoms with Crippen LogP contribution in [0.4, 0.5) is 4.39 Å². The molecule has 0 fully saturated rings. The van der Waals surface area contributed by atoms with Crippen LogP contribution in [0.5, 0.6) is 0 Å². The number of para-hydroxylation sites is 2. The molecule has 0 spiro atoms. The summed E-state index contributed by atoms with van der Waals surface area (Å²) in [7, 11) is 0. The molecule has 11 aromatic rings. The van der Waals surface area contributed by atoms with Crippen molar-refractivity contribution in [2.75, 3.05) is 0 Å². The molecule has 0 aliphatic rings. The summed E-state index contributed by atoms with van der Waals surface area (Å²) in [5.41, 5.74) is 16.8. The summed E-state index contributed by atoms with van der Waals surface area (Å²) >= 11 is 0. The first-order chi connectivity index (χ1) is 34.7. The Hall–Kier alpha value is -7.24. The third-order valence-corrected chi connectivity index (χ3v) is 12.6. The van der Waals surface area contributed by atoms with Crippen molar-refractivity contribution in [1.29, 1.82) is 0 Å². The summed E-state index contributed by atoms with van der Waals surface area (Å²) in [5, 5.41) is 2.14.